The van der Waals surface area contributed by atoms with Crippen molar-refractivity contribution >= 4 is 6.09 Å². The molecule has 0 saturated carbocycles. The Morgan fingerprint density at radius 1 is 1.46 bits per heavy atom. The molecule has 0 heterocycles. The van der Waals surface area contributed by atoms with Gasteiger partial charge >= 0.3 is 6.09 Å². The Kier molecular flexibility index (Phi) is 4.77. The van der Waals surface area contributed by atoms with Crippen LogP contribution in [0.5, 0.6) is 0 Å². The lowest BCUT2D eigenvalue weighted by Gasteiger charge is -2.22. The first-order valence-corrected chi connectivity index (χ1v) is 4.58. The molecule has 0 aliphatic carbocycles. The number of carbonyl (C=O) groups excluding carboxylic acids is 1. The van der Waals surface area contributed by atoms with Crippen LogP contribution < -0.4 is 10.6 Å². The molecule has 13 heavy (non-hydrogen) atoms. The summed E-state index contributed by atoms with van der Waals surface area (Å²) in [6, 6.07) is 0. The van der Waals surface area contributed by atoms with E-state index in [2.05, 4.69) is 10.6 Å². The van der Waals surface area contributed by atoms with E-state index in [1.807, 2.05) is 34.6 Å². The van der Waals surface area contributed by atoms with Crippen molar-refractivity contribution in [2.45, 2.75) is 46.4 Å². The lowest BCUT2D eigenvalue weighted by atomic mass is 10.2. The number of alkyl carbamates (subject to hydrolysis) is 1. The molecule has 0 aromatic carbocycles. The van der Waals surface area contributed by atoms with Crippen molar-refractivity contribution < 1.29 is 9.53 Å². The summed E-state index contributed by atoms with van der Waals surface area (Å²) >= 11 is 0. The first-order chi connectivity index (χ1) is 5.85. The van der Waals surface area contributed by atoms with E-state index >= 15 is 0 Å². The highest BCUT2D eigenvalue weighted by Crippen LogP contribution is 2.06. The lowest BCUT2D eigenvalue weighted by molar-refractivity contribution is 0.0500. The molecule has 0 bridgehead atoms. The SMILES string of the molecule is CCN[C@H](C)NC(=O)OC(C)(C)C. The van der Waals surface area contributed by atoms with Gasteiger partial charge in [-0.3, -0.25) is 5.32 Å². The van der Waals surface area contributed by atoms with Crippen LogP contribution >= 0.6 is 0 Å². The number of hydrogen-bond donors (Lipinski definition) is 2. The Bertz CT molecular complexity index is 163. The molecule has 1 atom stereocenters. The summed E-state index contributed by atoms with van der Waals surface area (Å²) in [7, 11) is 0. The number of ether oxygens (including phenoxy) is 1. The number of nitrogens with one attached hydrogen (secondary N) is 2. The van der Waals surface area contributed by atoms with Crippen LogP contribution in [0.3, 0.4) is 0 Å². The topological polar surface area (TPSA) is 50.4 Å². The Hall–Kier alpha value is -0.770. The number of carbonyl (C=O) groups is 1. The van der Waals surface area contributed by atoms with E-state index in [9.17, 15) is 4.79 Å². The molecule has 0 aliphatic rings. The average molecular weight is 188 g/mol. The molecule has 0 aliphatic heterocycles. The normalized spacial score (nSPS) is 13.6. The van der Waals surface area contributed by atoms with Crippen molar-refractivity contribution in [2.75, 3.05) is 6.54 Å². The van der Waals surface area contributed by atoms with E-state index in [0.29, 0.717) is 0 Å². The Morgan fingerprint density at radius 3 is 2.38 bits per heavy atom. The van der Waals surface area contributed by atoms with Crippen molar-refractivity contribution in [3.8, 4) is 0 Å². The second-order valence-electron chi connectivity index (χ2n) is 3.93. The van der Waals surface area contributed by atoms with Crippen LogP contribution in [0.4, 0.5) is 4.79 Å². The summed E-state index contributed by atoms with van der Waals surface area (Å²) in [6.07, 6.45) is -0.444. The minimum atomic E-state index is -0.435. The van der Waals surface area contributed by atoms with E-state index in [1.54, 1.807) is 0 Å². The van der Waals surface area contributed by atoms with Crippen LogP contribution in [0.1, 0.15) is 34.6 Å². The van der Waals surface area contributed by atoms with Crippen molar-refractivity contribution in [3.63, 3.8) is 0 Å². The molecule has 0 spiro atoms. The quantitative estimate of drug-likeness (QED) is 0.659. The fraction of sp³-hybridized carbons (Fsp3) is 0.889. The molecule has 1 amide bonds. The second kappa shape index (κ2) is 5.07. The maximum Gasteiger partial charge on any atom is 0.408 e. The first-order valence-electron chi connectivity index (χ1n) is 4.58. The molecule has 0 aromatic heterocycles. The van der Waals surface area contributed by atoms with Crippen LogP contribution in [0.2, 0.25) is 0 Å². The van der Waals surface area contributed by atoms with E-state index < -0.39 is 5.60 Å². The number of hydrogen-bond acceptors (Lipinski definition) is 3. The summed E-state index contributed by atoms with van der Waals surface area (Å²) in [4.78, 5) is 11.2. The van der Waals surface area contributed by atoms with E-state index in [0.717, 1.165) is 6.54 Å². The van der Waals surface area contributed by atoms with Gasteiger partial charge in [0.15, 0.2) is 0 Å². The molecular formula is C9H20N2O2. The van der Waals surface area contributed by atoms with Crippen LogP contribution in [0, 0.1) is 0 Å². The number of amides is 1. The zero-order chi connectivity index (χ0) is 10.5. The smallest absolute Gasteiger partial charge is 0.408 e. The molecule has 0 rings (SSSR count). The van der Waals surface area contributed by atoms with Gasteiger partial charge in [0.1, 0.15) is 5.60 Å². The van der Waals surface area contributed by atoms with Gasteiger partial charge in [-0.2, -0.15) is 0 Å². The van der Waals surface area contributed by atoms with Crippen LogP contribution in [0.25, 0.3) is 0 Å². The molecule has 0 saturated heterocycles. The van der Waals surface area contributed by atoms with Crippen molar-refractivity contribution in [1.82, 2.24) is 10.6 Å². The first kappa shape index (κ1) is 12.2. The van der Waals surface area contributed by atoms with E-state index in [1.165, 1.54) is 0 Å². The predicted octanol–water partition coefficient (Wildman–Crippen LogP) is 1.47. The molecule has 4 heteroatoms. The number of rotatable bonds is 3. The van der Waals surface area contributed by atoms with Gasteiger partial charge in [-0.1, -0.05) is 6.92 Å². The minimum absolute atomic E-state index is 0.0557. The monoisotopic (exact) mass is 188 g/mol. The fourth-order valence-electron chi connectivity index (χ4n) is 0.842. The third kappa shape index (κ3) is 7.59. The Morgan fingerprint density at radius 2 is 2.00 bits per heavy atom. The molecule has 2 N–H and O–H groups in total. The fourth-order valence-corrected chi connectivity index (χ4v) is 0.842. The average Bonchev–Trinajstić information content (AvgIpc) is 1.81. The van der Waals surface area contributed by atoms with Gasteiger partial charge in [-0.05, 0) is 34.2 Å². The highest BCUT2D eigenvalue weighted by molar-refractivity contribution is 5.67. The third-order valence-electron chi connectivity index (χ3n) is 1.24. The summed E-state index contributed by atoms with van der Waals surface area (Å²) < 4.78 is 5.06. The molecule has 0 unspecified atom stereocenters. The molecule has 4 nitrogen and oxygen atoms in total. The molecule has 0 aromatic rings. The van der Waals surface area contributed by atoms with Gasteiger partial charge in [0.2, 0.25) is 0 Å². The maximum atomic E-state index is 11.2. The lowest BCUT2D eigenvalue weighted by Crippen LogP contribution is -2.45. The summed E-state index contributed by atoms with van der Waals surface area (Å²) in [5.74, 6) is 0. The maximum absolute atomic E-state index is 11.2. The van der Waals surface area contributed by atoms with Crippen LogP contribution in [0.15, 0.2) is 0 Å². The van der Waals surface area contributed by atoms with Gasteiger partial charge in [0.25, 0.3) is 0 Å². The molecular weight excluding hydrogens is 168 g/mol. The molecule has 78 valence electrons. The Balaban J connectivity index is 3.74. The summed E-state index contributed by atoms with van der Waals surface area (Å²) in [5.41, 5.74) is -0.435. The van der Waals surface area contributed by atoms with Crippen molar-refractivity contribution in [2.24, 2.45) is 0 Å². The van der Waals surface area contributed by atoms with Gasteiger partial charge in [-0.25, -0.2) is 4.79 Å². The minimum Gasteiger partial charge on any atom is -0.444 e. The van der Waals surface area contributed by atoms with Crippen molar-refractivity contribution in [1.29, 1.82) is 0 Å². The highest BCUT2D eigenvalue weighted by Gasteiger charge is 2.16. The summed E-state index contributed by atoms with van der Waals surface area (Å²) in [6.45, 7) is 10.2. The zero-order valence-electron chi connectivity index (χ0n) is 9.10. The van der Waals surface area contributed by atoms with Gasteiger partial charge in [-0.15, -0.1) is 0 Å². The predicted molar refractivity (Wildman–Crippen MR) is 52.5 cm³/mol. The van der Waals surface area contributed by atoms with Gasteiger partial charge < -0.3 is 10.1 Å². The zero-order valence-corrected chi connectivity index (χ0v) is 9.10. The third-order valence-corrected chi connectivity index (χ3v) is 1.24. The largest absolute Gasteiger partial charge is 0.444 e. The van der Waals surface area contributed by atoms with E-state index in [-0.39, 0.29) is 12.3 Å². The van der Waals surface area contributed by atoms with Crippen LogP contribution in [-0.4, -0.2) is 24.4 Å². The Labute approximate surface area is 80.0 Å². The second-order valence-corrected chi connectivity index (χ2v) is 3.93. The molecule has 0 fully saturated rings. The van der Waals surface area contributed by atoms with Gasteiger partial charge in [0, 0.05) is 0 Å². The van der Waals surface area contributed by atoms with Crippen molar-refractivity contribution in [3.05, 3.63) is 0 Å². The van der Waals surface area contributed by atoms with Gasteiger partial charge in [0.05, 0.1) is 6.17 Å². The summed E-state index contributed by atoms with van der Waals surface area (Å²) in [5, 5.41) is 5.72. The van der Waals surface area contributed by atoms with Crippen LogP contribution in [-0.2, 0) is 4.74 Å². The standard InChI is InChI=1S/C9H20N2O2/c1-6-10-7(2)11-8(12)13-9(3,4)5/h7,10H,6H2,1-5H3,(H,11,12)/t7-/m0/s1. The molecule has 0 radical (unpaired) electrons. The highest BCUT2D eigenvalue weighted by atomic mass is 16.6. The van der Waals surface area contributed by atoms with E-state index in [4.69, 9.17) is 4.74 Å².